The van der Waals surface area contributed by atoms with Crippen LogP contribution in [0.4, 0.5) is 0 Å². The van der Waals surface area contributed by atoms with E-state index in [9.17, 15) is 0 Å². The molecule has 2 heterocycles. The van der Waals surface area contributed by atoms with E-state index in [2.05, 4.69) is 15.5 Å². The molecule has 1 fully saturated rings. The largest absolute Gasteiger partial charge is 0.313 e. The summed E-state index contributed by atoms with van der Waals surface area (Å²) in [4.78, 5) is 0. The fourth-order valence-corrected chi connectivity index (χ4v) is 2.49. The zero-order chi connectivity index (χ0) is 9.80. The Kier molecular flexibility index (Phi) is 5.68. The van der Waals surface area contributed by atoms with Gasteiger partial charge in [0.1, 0.15) is 5.03 Å². The van der Waals surface area contributed by atoms with Crippen molar-refractivity contribution >= 4 is 35.8 Å². The van der Waals surface area contributed by atoms with E-state index in [0.29, 0.717) is 11.2 Å². The molecule has 0 aromatic carbocycles. The molecule has 0 bridgehead atoms. The van der Waals surface area contributed by atoms with Crippen LogP contribution in [0.1, 0.15) is 12.8 Å². The average Bonchev–Trinajstić information content (AvgIpc) is 2.70. The number of hydrogen-bond acceptors (Lipinski definition) is 4. The Morgan fingerprint density at radius 3 is 2.93 bits per heavy atom. The minimum Gasteiger partial charge on any atom is -0.313 e. The lowest BCUT2D eigenvalue weighted by atomic mass is 10.3. The van der Waals surface area contributed by atoms with E-state index in [-0.39, 0.29) is 12.4 Å². The highest BCUT2D eigenvalue weighted by molar-refractivity contribution is 7.99. The van der Waals surface area contributed by atoms with Crippen molar-refractivity contribution in [1.29, 1.82) is 0 Å². The summed E-state index contributed by atoms with van der Waals surface area (Å²) in [5.41, 5.74) is 0. The summed E-state index contributed by atoms with van der Waals surface area (Å²) in [5, 5.41) is 12.6. The molecule has 1 aliphatic rings. The van der Waals surface area contributed by atoms with Gasteiger partial charge in [-0.15, -0.1) is 34.4 Å². The van der Waals surface area contributed by atoms with E-state index in [1.807, 2.05) is 6.07 Å². The monoisotopic (exact) mass is 265 g/mol. The van der Waals surface area contributed by atoms with Gasteiger partial charge in [0.05, 0.1) is 0 Å². The van der Waals surface area contributed by atoms with E-state index in [4.69, 9.17) is 11.6 Å². The normalized spacial score (nSPS) is 19.9. The molecule has 1 saturated heterocycles. The first kappa shape index (κ1) is 13.0. The lowest BCUT2D eigenvalue weighted by Gasteiger charge is -2.07. The molecule has 0 spiro atoms. The van der Waals surface area contributed by atoms with Crippen LogP contribution >= 0.6 is 35.8 Å². The van der Waals surface area contributed by atoms with Crippen molar-refractivity contribution in [1.82, 2.24) is 15.5 Å². The zero-order valence-electron chi connectivity index (χ0n) is 8.15. The highest BCUT2D eigenvalue weighted by Gasteiger charge is 2.14. The third-order valence-corrected chi connectivity index (χ3v) is 3.49. The molecule has 0 aliphatic carbocycles. The maximum atomic E-state index is 5.64. The van der Waals surface area contributed by atoms with Gasteiger partial charge in [-0.1, -0.05) is 11.6 Å². The summed E-state index contributed by atoms with van der Waals surface area (Å²) in [6, 6.07) is 4.32. The molecular weight excluding hydrogens is 253 g/mol. The number of halogens is 2. The average molecular weight is 266 g/mol. The van der Waals surface area contributed by atoms with Crippen LogP contribution in [0.3, 0.4) is 0 Å². The van der Waals surface area contributed by atoms with Gasteiger partial charge in [-0.3, -0.25) is 0 Å². The fraction of sp³-hybridized carbons (Fsp3) is 0.556. The van der Waals surface area contributed by atoms with Gasteiger partial charge in [0.25, 0.3) is 0 Å². The van der Waals surface area contributed by atoms with E-state index < -0.39 is 0 Å². The number of rotatable bonds is 3. The molecule has 0 amide bonds. The van der Waals surface area contributed by atoms with Crippen LogP contribution in [0.5, 0.6) is 0 Å². The SMILES string of the molecule is Cl.Clc1ccc(SCC2CCCN2)nn1. The Labute approximate surface area is 105 Å². The second-order valence-corrected chi connectivity index (χ2v) is 4.73. The predicted octanol–water partition coefficient (Wildman–Crippen LogP) is 2.40. The molecule has 2 rings (SSSR count). The Morgan fingerprint density at radius 2 is 2.33 bits per heavy atom. The second kappa shape index (κ2) is 6.53. The van der Waals surface area contributed by atoms with Crippen molar-refractivity contribution in [2.45, 2.75) is 23.9 Å². The van der Waals surface area contributed by atoms with E-state index in [0.717, 1.165) is 17.3 Å². The Bertz CT molecular complexity index is 288. The summed E-state index contributed by atoms with van der Waals surface area (Å²) in [6.45, 7) is 1.15. The van der Waals surface area contributed by atoms with E-state index >= 15 is 0 Å². The fourth-order valence-electron chi connectivity index (χ4n) is 1.47. The Morgan fingerprint density at radius 1 is 1.47 bits per heavy atom. The van der Waals surface area contributed by atoms with E-state index in [1.165, 1.54) is 12.8 Å². The summed E-state index contributed by atoms with van der Waals surface area (Å²) in [7, 11) is 0. The lowest BCUT2D eigenvalue weighted by Crippen LogP contribution is -2.23. The number of thioether (sulfide) groups is 1. The zero-order valence-corrected chi connectivity index (χ0v) is 10.5. The molecule has 6 heteroatoms. The molecule has 0 saturated carbocycles. The van der Waals surface area contributed by atoms with E-state index in [1.54, 1.807) is 17.8 Å². The molecule has 84 valence electrons. The number of nitrogens with one attached hydrogen (secondary N) is 1. The van der Waals surface area contributed by atoms with Crippen LogP contribution in [0.2, 0.25) is 5.15 Å². The van der Waals surface area contributed by atoms with Crippen molar-refractivity contribution in [3.05, 3.63) is 17.3 Å². The molecule has 1 N–H and O–H groups in total. The van der Waals surface area contributed by atoms with Gasteiger partial charge in [0.2, 0.25) is 0 Å². The first-order chi connectivity index (χ1) is 6.84. The van der Waals surface area contributed by atoms with Crippen molar-refractivity contribution in [2.24, 2.45) is 0 Å². The summed E-state index contributed by atoms with van der Waals surface area (Å²) in [6.07, 6.45) is 2.56. The van der Waals surface area contributed by atoms with Crippen LogP contribution in [0.15, 0.2) is 17.2 Å². The summed E-state index contributed by atoms with van der Waals surface area (Å²) < 4.78 is 0. The van der Waals surface area contributed by atoms with Gasteiger partial charge in [-0.05, 0) is 31.5 Å². The minimum absolute atomic E-state index is 0. The minimum atomic E-state index is 0. The van der Waals surface area contributed by atoms with Gasteiger partial charge in [-0.25, -0.2) is 0 Å². The maximum absolute atomic E-state index is 5.64. The van der Waals surface area contributed by atoms with Crippen molar-refractivity contribution in [2.75, 3.05) is 12.3 Å². The molecule has 0 radical (unpaired) electrons. The topological polar surface area (TPSA) is 37.8 Å². The third-order valence-electron chi connectivity index (χ3n) is 2.20. The lowest BCUT2D eigenvalue weighted by molar-refractivity contribution is 0.673. The first-order valence-corrected chi connectivity index (χ1v) is 6.06. The third kappa shape index (κ3) is 4.15. The van der Waals surface area contributed by atoms with Gasteiger partial charge in [0.15, 0.2) is 5.15 Å². The molecular formula is C9H13Cl2N3S. The number of hydrogen-bond donors (Lipinski definition) is 1. The second-order valence-electron chi connectivity index (χ2n) is 3.30. The molecule has 15 heavy (non-hydrogen) atoms. The Hall–Kier alpha value is -0.0300. The maximum Gasteiger partial charge on any atom is 0.151 e. The Balaban J connectivity index is 0.00000112. The highest BCUT2D eigenvalue weighted by Crippen LogP contribution is 2.19. The molecule has 1 unspecified atom stereocenters. The highest BCUT2D eigenvalue weighted by atomic mass is 35.5. The first-order valence-electron chi connectivity index (χ1n) is 4.70. The van der Waals surface area contributed by atoms with Gasteiger partial charge >= 0.3 is 0 Å². The molecule has 1 atom stereocenters. The van der Waals surface area contributed by atoms with Gasteiger partial charge in [0, 0.05) is 11.8 Å². The van der Waals surface area contributed by atoms with Crippen LogP contribution in [0, 0.1) is 0 Å². The number of nitrogens with zero attached hydrogens (tertiary/aromatic N) is 2. The van der Waals surface area contributed by atoms with Crippen molar-refractivity contribution in [3.63, 3.8) is 0 Å². The summed E-state index contributed by atoms with van der Waals surface area (Å²) in [5.74, 6) is 1.07. The standard InChI is InChI=1S/C9H12ClN3S.ClH/c10-8-3-4-9(13-12-8)14-6-7-2-1-5-11-7;/h3-4,7,11H,1-2,5-6H2;1H. The van der Waals surface area contributed by atoms with Crippen molar-refractivity contribution < 1.29 is 0 Å². The molecule has 1 aliphatic heterocycles. The van der Waals surface area contributed by atoms with Crippen molar-refractivity contribution in [3.8, 4) is 0 Å². The van der Waals surface area contributed by atoms with Crippen LogP contribution in [-0.4, -0.2) is 28.5 Å². The van der Waals surface area contributed by atoms with Crippen LogP contribution in [0.25, 0.3) is 0 Å². The molecule has 1 aromatic heterocycles. The number of aromatic nitrogens is 2. The van der Waals surface area contributed by atoms with Gasteiger partial charge in [-0.2, -0.15) is 0 Å². The van der Waals surface area contributed by atoms with Crippen LogP contribution in [-0.2, 0) is 0 Å². The molecule has 3 nitrogen and oxygen atoms in total. The van der Waals surface area contributed by atoms with Gasteiger partial charge < -0.3 is 5.32 Å². The predicted molar refractivity (Wildman–Crippen MR) is 66.0 cm³/mol. The summed E-state index contributed by atoms with van der Waals surface area (Å²) >= 11 is 7.38. The molecule has 1 aromatic rings. The smallest absolute Gasteiger partial charge is 0.151 e. The quantitative estimate of drug-likeness (QED) is 0.852. The van der Waals surface area contributed by atoms with Crippen LogP contribution < -0.4 is 5.32 Å².